The molecule has 1 amide bonds. The van der Waals surface area contributed by atoms with Crippen LogP contribution in [0.3, 0.4) is 0 Å². The van der Waals surface area contributed by atoms with Gasteiger partial charge in [-0.15, -0.1) is 0 Å². The molecule has 0 saturated heterocycles. The van der Waals surface area contributed by atoms with Crippen molar-refractivity contribution in [1.82, 2.24) is 10.3 Å². The van der Waals surface area contributed by atoms with Gasteiger partial charge in [0.15, 0.2) is 0 Å². The summed E-state index contributed by atoms with van der Waals surface area (Å²) in [5.74, 6) is -1.18. The molecule has 4 nitrogen and oxygen atoms in total. The maximum absolute atomic E-state index is 13.1. The maximum atomic E-state index is 13.1. The fraction of sp³-hybridized carbons (Fsp3) is 0.500. The Labute approximate surface area is 99.9 Å². The summed E-state index contributed by atoms with van der Waals surface area (Å²) in [4.78, 5) is 14.9. The van der Waals surface area contributed by atoms with Crippen molar-refractivity contribution in [3.63, 3.8) is 0 Å². The Bertz CT molecular complexity index is 358. The van der Waals surface area contributed by atoms with Gasteiger partial charge in [0, 0.05) is 19.3 Å². The zero-order chi connectivity index (χ0) is 12.5. The fourth-order valence-electron chi connectivity index (χ4n) is 1.44. The van der Waals surface area contributed by atoms with Crippen LogP contribution in [0.15, 0.2) is 18.3 Å². The van der Waals surface area contributed by atoms with Crippen molar-refractivity contribution in [2.24, 2.45) is 0 Å². The Balaban J connectivity index is 2.24. The van der Waals surface area contributed by atoms with Gasteiger partial charge in [-0.2, -0.15) is 4.39 Å². The number of nitrogens with one attached hydrogen (secondary N) is 1. The third-order valence-corrected chi connectivity index (χ3v) is 2.37. The van der Waals surface area contributed by atoms with Crippen molar-refractivity contribution in [1.29, 1.82) is 0 Å². The van der Waals surface area contributed by atoms with Crippen molar-refractivity contribution < 1.29 is 14.3 Å². The number of hydrogen-bond acceptors (Lipinski definition) is 3. The van der Waals surface area contributed by atoms with E-state index in [-0.39, 0.29) is 12.2 Å². The molecular weight excluding hydrogens is 223 g/mol. The first-order chi connectivity index (χ1) is 8.25. The van der Waals surface area contributed by atoms with E-state index >= 15 is 0 Å². The average molecular weight is 240 g/mol. The van der Waals surface area contributed by atoms with Gasteiger partial charge in [-0.25, -0.2) is 4.98 Å². The summed E-state index contributed by atoms with van der Waals surface area (Å²) < 4.78 is 13.1. The van der Waals surface area contributed by atoms with Gasteiger partial charge < -0.3 is 10.4 Å². The molecule has 0 aliphatic heterocycles. The number of aromatic nitrogens is 1. The highest BCUT2D eigenvalue weighted by Crippen LogP contribution is 2.03. The highest BCUT2D eigenvalue weighted by atomic mass is 19.1. The Kier molecular flexibility index (Phi) is 6.17. The number of carbonyl (C=O) groups is 1. The summed E-state index contributed by atoms with van der Waals surface area (Å²) >= 11 is 0. The lowest BCUT2D eigenvalue weighted by Gasteiger charge is -2.05. The standard InChI is InChI=1S/C12H17FN2O2/c13-11-10(6-5-8-14-11)12(17)15-7-3-1-2-4-9-16/h5-6,8,16H,1-4,7,9H2,(H,15,17). The van der Waals surface area contributed by atoms with E-state index in [4.69, 9.17) is 5.11 Å². The van der Waals surface area contributed by atoms with Crippen LogP contribution in [0.2, 0.25) is 0 Å². The molecule has 0 aliphatic carbocycles. The molecule has 0 saturated carbocycles. The monoisotopic (exact) mass is 240 g/mol. The molecule has 1 aromatic heterocycles. The van der Waals surface area contributed by atoms with E-state index in [0.29, 0.717) is 6.54 Å². The van der Waals surface area contributed by atoms with E-state index in [1.807, 2.05) is 0 Å². The molecule has 0 aromatic carbocycles. The van der Waals surface area contributed by atoms with E-state index in [0.717, 1.165) is 25.7 Å². The molecule has 2 N–H and O–H groups in total. The van der Waals surface area contributed by atoms with Crippen molar-refractivity contribution in [2.45, 2.75) is 25.7 Å². The van der Waals surface area contributed by atoms with Crippen LogP contribution in [0, 0.1) is 5.95 Å². The minimum Gasteiger partial charge on any atom is -0.396 e. The molecule has 0 bridgehead atoms. The van der Waals surface area contributed by atoms with Crippen LogP contribution in [-0.4, -0.2) is 29.1 Å². The molecular formula is C12H17FN2O2. The highest BCUT2D eigenvalue weighted by Gasteiger charge is 2.10. The van der Waals surface area contributed by atoms with Gasteiger partial charge in [0.2, 0.25) is 5.95 Å². The topological polar surface area (TPSA) is 62.2 Å². The molecule has 0 aliphatic rings. The number of unbranched alkanes of at least 4 members (excludes halogenated alkanes) is 3. The number of hydrogen-bond donors (Lipinski definition) is 2. The molecule has 1 aromatic rings. The molecule has 0 atom stereocenters. The number of carbonyl (C=O) groups excluding carboxylic acids is 1. The number of aliphatic hydroxyl groups excluding tert-OH is 1. The summed E-state index contributed by atoms with van der Waals surface area (Å²) in [6.07, 6.45) is 4.80. The second-order valence-corrected chi connectivity index (χ2v) is 3.74. The Hall–Kier alpha value is -1.49. The van der Waals surface area contributed by atoms with E-state index in [9.17, 15) is 9.18 Å². The Morgan fingerprint density at radius 2 is 2.12 bits per heavy atom. The molecule has 0 unspecified atom stereocenters. The SMILES string of the molecule is O=C(NCCCCCCO)c1cccnc1F. The maximum Gasteiger partial charge on any atom is 0.255 e. The summed E-state index contributed by atoms with van der Waals surface area (Å²) in [5, 5.41) is 11.2. The van der Waals surface area contributed by atoms with E-state index in [1.165, 1.54) is 18.3 Å². The van der Waals surface area contributed by atoms with Gasteiger partial charge in [0.1, 0.15) is 0 Å². The molecule has 1 heterocycles. The quantitative estimate of drug-likeness (QED) is 0.561. The number of amides is 1. The third-order valence-electron chi connectivity index (χ3n) is 2.37. The van der Waals surface area contributed by atoms with Gasteiger partial charge in [-0.1, -0.05) is 12.8 Å². The normalized spacial score (nSPS) is 10.2. The lowest BCUT2D eigenvalue weighted by molar-refractivity contribution is 0.0948. The minimum atomic E-state index is -0.745. The highest BCUT2D eigenvalue weighted by molar-refractivity contribution is 5.94. The van der Waals surface area contributed by atoms with Crippen LogP contribution in [0.4, 0.5) is 4.39 Å². The number of halogens is 1. The zero-order valence-corrected chi connectivity index (χ0v) is 9.66. The van der Waals surface area contributed by atoms with Crippen molar-refractivity contribution in [3.05, 3.63) is 29.8 Å². The predicted octanol–water partition coefficient (Wildman–Crippen LogP) is 1.50. The fourth-order valence-corrected chi connectivity index (χ4v) is 1.44. The first kappa shape index (κ1) is 13.6. The smallest absolute Gasteiger partial charge is 0.255 e. The minimum absolute atomic E-state index is 0.0251. The second kappa shape index (κ2) is 7.73. The predicted molar refractivity (Wildman–Crippen MR) is 62.1 cm³/mol. The van der Waals surface area contributed by atoms with E-state index in [2.05, 4.69) is 10.3 Å². The first-order valence-electron chi connectivity index (χ1n) is 5.75. The molecule has 5 heteroatoms. The van der Waals surface area contributed by atoms with E-state index < -0.39 is 11.9 Å². The second-order valence-electron chi connectivity index (χ2n) is 3.74. The number of aliphatic hydroxyl groups is 1. The average Bonchev–Trinajstić information content (AvgIpc) is 2.34. The number of rotatable bonds is 7. The molecule has 1 rings (SSSR count). The summed E-state index contributed by atoms with van der Waals surface area (Å²) in [7, 11) is 0. The molecule has 17 heavy (non-hydrogen) atoms. The Morgan fingerprint density at radius 1 is 1.35 bits per heavy atom. The summed E-state index contributed by atoms with van der Waals surface area (Å²) in [6, 6.07) is 2.93. The molecule has 0 fully saturated rings. The van der Waals surface area contributed by atoms with Gasteiger partial charge in [0.25, 0.3) is 5.91 Å². The summed E-state index contributed by atoms with van der Waals surface area (Å²) in [5.41, 5.74) is -0.0251. The van der Waals surface area contributed by atoms with Crippen LogP contribution >= 0.6 is 0 Å². The van der Waals surface area contributed by atoms with Crippen LogP contribution in [0.1, 0.15) is 36.0 Å². The first-order valence-corrected chi connectivity index (χ1v) is 5.75. The van der Waals surface area contributed by atoms with Crippen molar-refractivity contribution in [3.8, 4) is 0 Å². The third kappa shape index (κ3) is 4.91. The number of pyridine rings is 1. The van der Waals surface area contributed by atoms with Gasteiger partial charge >= 0.3 is 0 Å². The lowest BCUT2D eigenvalue weighted by Crippen LogP contribution is -2.25. The van der Waals surface area contributed by atoms with Gasteiger partial charge in [-0.05, 0) is 25.0 Å². The van der Waals surface area contributed by atoms with Gasteiger partial charge in [0.05, 0.1) is 5.56 Å². The molecule has 94 valence electrons. The lowest BCUT2D eigenvalue weighted by atomic mass is 10.2. The van der Waals surface area contributed by atoms with Crippen LogP contribution in [-0.2, 0) is 0 Å². The summed E-state index contributed by atoms with van der Waals surface area (Å²) in [6.45, 7) is 0.714. The zero-order valence-electron chi connectivity index (χ0n) is 9.66. The van der Waals surface area contributed by atoms with Crippen molar-refractivity contribution in [2.75, 3.05) is 13.2 Å². The number of nitrogens with zero attached hydrogens (tertiary/aromatic N) is 1. The largest absolute Gasteiger partial charge is 0.396 e. The van der Waals surface area contributed by atoms with Gasteiger partial charge in [-0.3, -0.25) is 4.79 Å². The van der Waals surface area contributed by atoms with E-state index in [1.54, 1.807) is 0 Å². The molecule has 0 spiro atoms. The van der Waals surface area contributed by atoms with Crippen LogP contribution < -0.4 is 5.32 Å². The van der Waals surface area contributed by atoms with Crippen LogP contribution in [0.5, 0.6) is 0 Å². The van der Waals surface area contributed by atoms with Crippen molar-refractivity contribution >= 4 is 5.91 Å². The Morgan fingerprint density at radius 3 is 2.82 bits per heavy atom. The van der Waals surface area contributed by atoms with Crippen LogP contribution in [0.25, 0.3) is 0 Å². The molecule has 0 radical (unpaired) electrons.